The third kappa shape index (κ3) is 6.93. The summed E-state index contributed by atoms with van der Waals surface area (Å²) in [5.41, 5.74) is 8.25. The van der Waals surface area contributed by atoms with E-state index in [2.05, 4.69) is 22.1 Å². The summed E-state index contributed by atoms with van der Waals surface area (Å²) in [5, 5.41) is 20.6. The Bertz CT molecular complexity index is 614. The van der Waals surface area contributed by atoms with E-state index < -0.39 is 0 Å². The van der Waals surface area contributed by atoms with Crippen molar-refractivity contribution in [2.45, 2.75) is 26.3 Å². The molecule has 0 spiro atoms. The van der Waals surface area contributed by atoms with Crippen LogP contribution >= 0.6 is 0 Å². The molecule has 0 amide bonds. The fourth-order valence-corrected chi connectivity index (χ4v) is 3.44. The van der Waals surface area contributed by atoms with Crippen LogP contribution in [-0.2, 0) is 0 Å². The van der Waals surface area contributed by atoms with E-state index in [1.54, 1.807) is 12.2 Å². The van der Waals surface area contributed by atoms with E-state index in [1.807, 2.05) is 44.2 Å². The summed E-state index contributed by atoms with van der Waals surface area (Å²) in [7, 11) is 0. The summed E-state index contributed by atoms with van der Waals surface area (Å²) in [6, 6.07) is -0.191. The normalized spacial score (nSPS) is 14.6. The van der Waals surface area contributed by atoms with Gasteiger partial charge in [0.05, 0.1) is 0 Å². The van der Waals surface area contributed by atoms with E-state index in [1.165, 1.54) is 0 Å². The molecule has 0 aliphatic carbocycles. The molecule has 6 heteroatoms. The Hall–Kier alpha value is -1.72. The third-order valence-corrected chi connectivity index (χ3v) is 4.93. The quantitative estimate of drug-likeness (QED) is 0.454. The summed E-state index contributed by atoms with van der Waals surface area (Å²) in [6.45, 7) is 7.64. The number of nitrogens with one attached hydrogen (secondary N) is 1. The van der Waals surface area contributed by atoms with Crippen molar-refractivity contribution >= 4 is 19.2 Å². The van der Waals surface area contributed by atoms with Crippen molar-refractivity contribution in [3.8, 4) is 0 Å². The van der Waals surface area contributed by atoms with E-state index >= 15 is 0 Å². The Morgan fingerprint density at radius 1 is 1.39 bits per heavy atom. The van der Waals surface area contributed by atoms with Crippen molar-refractivity contribution in [2.24, 2.45) is 5.73 Å². The molecule has 0 saturated heterocycles. The van der Waals surface area contributed by atoms with Crippen molar-refractivity contribution in [1.82, 2.24) is 10.2 Å². The Kier molecular flexibility index (Phi) is 9.17. The number of nitrogens with zero attached hydrogens (tertiary/aromatic N) is 2. The zero-order chi connectivity index (χ0) is 17.1. The molecule has 1 unspecified atom stereocenters. The number of allylic oxidation sites excluding steroid dienone is 6. The summed E-state index contributed by atoms with van der Waals surface area (Å²) in [5.74, 6) is 0. The second-order valence-electron chi connectivity index (χ2n) is 4.69. The number of rotatable bonds is 9. The molecule has 0 radical (unpaired) electrons. The summed E-state index contributed by atoms with van der Waals surface area (Å²) in [4.78, 5) is 0. The molecule has 124 valence electrons. The number of aliphatic hydroxyl groups is 1. The zero-order valence-corrected chi connectivity index (χ0v) is 15.3. The van der Waals surface area contributed by atoms with E-state index in [0.717, 1.165) is 20.5 Å². The maximum atomic E-state index is 8.89. The van der Waals surface area contributed by atoms with Gasteiger partial charge in [0.25, 0.3) is 0 Å². The SMILES string of the molecule is C=C/C=C(\C=C/CO)CC(N)c1nnc(NC(/C=C\C)=C/C)[se]1. The molecule has 0 saturated carbocycles. The topological polar surface area (TPSA) is 84.1 Å². The molecule has 0 aliphatic rings. The van der Waals surface area contributed by atoms with Crippen LogP contribution in [0.1, 0.15) is 30.9 Å². The number of aromatic nitrogens is 2. The van der Waals surface area contributed by atoms with Gasteiger partial charge in [0, 0.05) is 0 Å². The standard InChI is InChI=1S/C17H24N4OSe/c1-4-8-13(10-7-11-22)12-15(18)16-20-21-17(23-16)19-14(6-3)9-5-2/h4-10,15,22H,1,11-12,18H2,2-3H3,(H,19,21)/b9-5-,10-7-,13-8+,14-6+. The van der Waals surface area contributed by atoms with Crippen LogP contribution in [0.5, 0.6) is 0 Å². The second kappa shape index (κ2) is 10.9. The molecule has 1 atom stereocenters. The van der Waals surface area contributed by atoms with Crippen molar-refractivity contribution in [3.63, 3.8) is 0 Å². The van der Waals surface area contributed by atoms with Gasteiger partial charge in [-0.3, -0.25) is 0 Å². The van der Waals surface area contributed by atoms with Crippen molar-refractivity contribution in [2.75, 3.05) is 11.9 Å². The van der Waals surface area contributed by atoms with Crippen LogP contribution in [0.15, 0.2) is 60.4 Å². The van der Waals surface area contributed by atoms with E-state index in [4.69, 9.17) is 10.8 Å². The van der Waals surface area contributed by atoms with Crippen molar-refractivity contribution in [1.29, 1.82) is 0 Å². The Balaban J connectivity index is 2.77. The van der Waals surface area contributed by atoms with Gasteiger partial charge >= 0.3 is 143 Å². The Labute approximate surface area is 143 Å². The van der Waals surface area contributed by atoms with Gasteiger partial charge in [-0.15, -0.1) is 0 Å². The van der Waals surface area contributed by atoms with Gasteiger partial charge in [-0.2, -0.15) is 0 Å². The van der Waals surface area contributed by atoms with Gasteiger partial charge in [-0.1, -0.05) is 0 Å². The molecule has 1 rings (SSSR count). The molecule has 0 fully saturated rings. The molecule has 1 aromatic rings. The third-order valence-electron chi connectivity index (χ3n) is 2.89. The van der Waals surface area contributed by atoms with Crippen molar-refractivity contribution in [3.05, 3.63) is 64.9 Å². The van der Waals surface area contributed by atoms with Crippen LogP contribution in [-0.4, -0.2) is 36.4 Å². The van der Waals surface area contributed by atoms with Gasteiger partial charge in [0.15, 0.2) is 0 Å². The first-order valence-corrected chi connectivity index (χ1v) is 9.09. The predicted octanol–water partition coefficient (Wildman–Crippen LogP) is 2.48. The molecule has 0 aliphatic heterocycles. The average Bonchev–Trinajstić information content (AvgIpc) is 3.01. The Morgan fingerprint density at radius 2 is 2.17 bits per heavy atom. The first kappa shape index (κ1) is 19.3. The van der Waals surface area contributed by atoms with Gasteiger partial charge < -0.3 is 0 Å². The van der Waals surface area contributed by atoms with E-state index in [9.17, 15) is 0 Å². The average molecular weight is 379 g/mol. The second-order valence-corrected chi connectivity index (χ2v) is 6.80. The molecular formula is C17H24N4OSe. The fourth-order valence-electron chi connectivity index (χ4n) is 1.84. The van der Waals surface area contributed by atoms with Crippen LogP contribution in [0.25, 0.3) is 0 Å². The number of anilines is 1. The number of nitrogens with two attached hydrogens (primary N) is 1. The minimum absolute atomic E-state index is 0.00284. The number of hydrogen-bond acceptors (Lipinski definition) is 5. The van der Waals surface area contributed by atoms with Gasteiger partial charge in [-0.05, 0) is 0 Å². The first-order chi connectivity index (χ1) is 11.1. The van der Waals surface area contributed by atoms with E-state index in [-0.39, 0.29) is 27.2 Å². The first-order valence-electron chi connectivity index (χ1n) is 7.38. The molecule has 1 heterocycles. The molecule has 4 N–H and O–H groups in total. The van der Waals surface area contributed by atoms with Gasteiger partial charge in [0.1, 0.15) is 0 Å². The van der Waals surface area contributed by atoms with Crippen molar-refractivity contribution < 1.29 is 5.11 Å². The summed E-state index contributed by atoms with van der Waals surface area (Å²) >= 11 is -0.00472. The molecular weight excluding hydrogens is 355 g/mol. The van der Waals surface area contributed by atoms with Crippen LogP contribution in [0.3, 0.4) is 0 Å². The Morgan fingerprint density at radius 3 is 2.78 bits per heavy atom. The minimum atomic E-state index is -0.191. The molecule has 0 bridgehead atoms. The number of hydrogen-bond donors (Lipinski definition) is 3. The molecule has 1 aromatic heterocycles. The molecule has 23 heavy (non-hydrogen) atoms. The van der Waals surface area contributed by atoms with Crippen LogP contribution in [0, 0.1) is 0 Å². The van der Waals surface area contributed by atoms with E-state index in [0.29, 0.717) is 6.42 Å². The van der Waals surface area contributed by atoms with Crippen LogP contribution < -0.4 is 11.1 Å². The summed E-state index contributed by atoms with van der Waals surface area (Å²) < 4.78 is 1.76. The van der Waals surface area contributed by atoms with Crippen LogP contribution in [0.2, 0.25) is 0 Å². The van der Waals surface area contributed by atoms with Gasteiger partial charge in [-0.25, -0.2) is 0 Å². The predicted molar refractivity (Wildman–Crippen MR) is 97.2 cm³/mol. The number of aliphatic hydroxyl groups excluding tert-OH is 1. The maximum absolute atomic E-state index is 8.89. The fraction of sp³-hybridized carbons (Fsp3) is 0.294. The zero-order valence-electron chi connectivity index (χ0n) is 13.6. The monoisotopic (exact) mass is 380 g/mol. The van der Waals surface area contributed by atoms with Gasteiger partial charge in [0.2, 0.25) is 0 Å². The molecule has 5 nitrogen and oxygen atoms in total. The summed E-state index contributed by atoms with van der Waals surface area (Å²) in [6.07, 6.45) is 13.7. The molecule has 0 aromatic carbocycles. The van der Waals surface area contributed by atoms with Crippen LogP contribution in [0.4, 0.5) is 4.69 Å².